The minimum atomic E-state index is 0.536. The van der Waals surface area contributed by atoms with Crippen LogP contribution in [0.1, 0.15) is 22.3 Å². The van der Waals surface area contributed by atoms with Crippen LogP contribution < -0.4 is 5.32 Å². The van der Waals surface area contributed by atoms with Gasteiger partial charge in [0.15, 0.2) is 0 Å². The highest BCUT2D eigenvalue weighted by Gasteiger charge is 2.15. The predicted molar refractivity (Wildman–Crippen MR) is 118 cm³/mol. The van der Waals surface area contributed by atoms with Crippen LogP contribution in [0.3, 0.4) is 0 Å². The van der Waals surface area contributed by atoms with Crippen LogP contribution >= 0.6 is 11.8 Å². The van der Waals surface area contributed by atoms with Crippen LogP contribution in [0.5, 0.6) is 0 Å². The third kappa shape index (κ3) is 3.82. The van der Waals surface area contributed by atoms with Crippen LogP contribution in [0.4, 0.5) is 11.6 Å². The maximum absolute atomic E-state index is 8.98. The van der Waals surface area contributed by atoms with Crippen LogP contribution in [0.15, 0.2) is 58.6 Å². The summed E-state index contributed by atoms with van der Waals surface area (Å²) in [6.07, 6.45) is 2.00. The first-order valence-corrected chi connectivity index (χ1v) is 10.1. The fraction of sp³-hybridized carbons (Fsp3) is 0.174. The number of benzene rings is 2. The molecule has 0 atom stereocenters. The second-order valence-corrected chi connectivity index (χ2v) is 8.16. The number of anilines is 2. The number of hydrogen-bond acceptors (Lipinski definition) is 5. The van der Waals surface area contributed by atoms with E-state index >= 15 is 0 Å². The normalized spacial score (nSPS) is 10.9. The number of aryl methyl sites for hydroxylation is 4. The molecule has 5 nitrogen and oxygen atoms in total. The quantitative estimate of drug-likeness (QED) is 0.449. The molecule has 0 aliphatic carbocycles. The summed E-state index contributed by atoms with van der Waals surface area (Å²) in [5.41, 5.74) is 6.10. The van der Waals surface area contributed by atoms with Gasteiger partial charge in [0.1, 0.15) is 10.7 Å². The molecule has 0 aliphatic rings. The van der Waals surface area contributed by atoms with Crippen LogP contribution in [-0.4, -0.2) is 14.5 Å². The van der Waals surface area contributed by atoms with E-state index in [0.717, 1.165) is 21.7 Å². The van der Waals surface area contributed by atoms with Gasteiger partial charge in [-0.15, -0.1) is 0 Å². The molecule has 0 spiro atoms. The molecule has 0 saturated heterocycles. The van der Waals surface area contributed by atoms with Gasteiger partial charge in [-0.2, -0.15) is 10.2 Å². The fourth-order valence-electron chi connectivity index (χ4n) is 3.42. The van der Waals surface area contributed by atoms with Crippen molar-refractivity contribution in [3.63, 3.8) is 0 Å². The first-order chi connectivity index (χ1) is 13.9. The molecule has 2 aromatic heterocycles. The molecular formula is C23H21N5S. The number of nitriles is 1. The van der Waals surface area contributed by atoms with Crippen LogP contribution in [0.25, 0.3) is 11.0 Å². The van der Waals surface area contributed by atoms with E-state index in [2.05, 4.69) is 50.4 Å². The second kappa shape index (κ2) is 7.61. The molecule has 144 valence electrons. The molecule has 0 fully saturated rings. The molecule has 2 aromatic carbocycles. The zero-order valence-corrected chi connectivity index (χ0v) is 17.6. The average molecular weight is 400 g/mol. The lowest BCUT2D eigenvalue weighted by molar-refractivity contribution is 0.939. The van der Waals surface area contributed by atoms with Gasteiger partial charge < -0.3 is 9.88 Å². The zero-order valence-electron chi connectivity index (χ0n) is 16.8. The zero-order chi connectivity index (χ0) is 20.5. The van der Waals surface area contributed by atoms with Crippen molar-refractivity contribution in [2.45, 2.75) is 30.7 Å². The van der Waals surface area contributed by atoms with Gasteiger partial charge in [0.2, 0.25) is 5.95 Å². The Morgan fingerprint density at radius 3 is 2.34 bits per heavy atom. The Balaban J connectivity index is 1.76. The standard InChI is InChI=1S/C23H21N5S/c1-14-11-15(2)20(16(3)12-14)29-22-19-9-10-28(4)21(19)26-23(27-22)25-18-7-5-17(13-24)6-8-18/h5-12H,1-4H3,(H,25,26,27). The van der Waals surface area contributed by atoms with Gasteiger partial charge in [-0.1, -0.05) is 29.5 Å². The van der Waals surface area contributed by atoms with Gasteiger partial charge >= 0.3 is 0 Å². The first-order valence-electron chi connectivity index (χ1n) is 9.30. The number of hydrogen-bond donors (Lipinski definition) is 1. The average Bonchev–Trinajstić information content (AvgIpc) is 3.06. The summed E-state index contributed by atoms with van der Waals surface area (Å²) >= 11 is 1.68. The van der Waals surface area contributed by atoms with E-state index in [9.17, 15) is 0 Å². The summed E-state index contributed by atoms with van der Waals surface area (Å²) in [4.78, 5) is 10.7. The van der Waals surface area contributed by atoms with Crippen molar-refractivity contribution in [2.75, 3.05) is 5.32 Å². The third-order valence-corrected chi connectivity index (χ3v) is 6.12. The number of nitrogens with zero attached hydrogens (tertiary/aromatic N) is 4. The van der Waals surface area contributed by atoms with Gasteiger partial charge in [-0.25, -0.2) is 4.98 Å². The molecular weight excluding hydrogens is 378 g/mol. The molecule has 4 rings (SSSR count). The van der Waals surface area contributed by atoms with Gasteiger partial charge in [0.25, 0.3) is 0 Å². The second-order valence-electron chi connectivity index (χ2n) is 7.16. The highest BCUT2D eigenvalue weighted by atomic mass is 32.2. The van der Waals surface area contributed by atoms with Crippen molar-refractivity contribution in [3.05, 3.63) is 70.9 Å². The molecule has 29 heavy (non-hydrogen) atoms. The lowest BCUT2D eigenvalue weighted by atomic mass is 10.1. The summed E-state index contributed by atoms with van der Waals surface area (Å²) in [5.74, 6) is 0.536. The van der Waals surface area contributed by atoms with E-state index in [1.54, 1.807) is 23.9 Å². The molecule has 1 N–H and O–H groups in total. The van der Waals surface area contributed by atoms with Crippen molar-refractivity contribution in [2.24, 2.45) is 7.05 Å². The third-order valence-electron chi connectivity index (χ3n) is 4.76. The molecule has 0 amide bonds. The summed E-state index contributed by atoms with van der Waals surface area (Å²) < 4.78 is 2.00. The predicted octanol–water partition coefficient (Wildman–Crippen LogP) is 5.66. The Bertz CT molecular complexity index is 1230. The summed E-state index contributed by atoms with van der Waals surface area (Å²) in [7, 11) is 1.98. The Labute approximate surface area is 174 Å². The molecule has 0 unspecified atom stereocenters. The monoisotopic (exact) mass is 399 g/mol. The van der Waals surface area contributed by atoms with Gasteiger partial charge in [0, 0.05) is 23.8 Å². The molecule has 0 saturated carbocycles. The lowest BCUT2D eigenvalue weighted by Gasteiger charge is -2.13. The van der Waals surface area contributed by atoms with Crippen LogP contribution in [-0.2, 0) is 7.05 Å². The van der Waals surface area contributed by atoms with Crippen molar-refractivity contribution in [1.29, 1.82) is 5.26 Å². The van der Waals surface area contributed by atoms with E-state index < -0.39 is 0 Å². The molecule has 0 radical (unpaired) electrons. The van der Waals surface area contributed by atoms with E-state index in [4.69, 9.17) is 15.2 Å². The van der Waals surface area contributed by atoms with E-state index in [1.807, 2.05) is 29.9 Å². The Kier molecular flexibility index (Phi) is 4.99. The van der Waals surface area contributed by atoms with E-state index in [-0.39, 0.29) is 0 Å². The lowest BCUT2D eigenvalue weighted by Crippen LogP contribution is -2.01. The minimum Gasteiger partial charge on any atom is -0.335 e. The summed E-state index contributed by atoms with van der Waals surface area (Å²) in [6, 6.07) is 15.9. The number of fused-ring (bicyclic) bond motifs is 1. The van der Waals surface area contributed by atoms with E-state index in [1.165, 1.54) is 21.6 Å². The summed E-state index contributed by atoms with van der Waals surface area (Å²) in [6.45, 7) is 6.40. The van der Waals surface area contributed by atoms with Crippen molar-refractivity contribution >= 4 is 34.4 Å². The minimum absolute atomic E-state index is 0.536. The smallest absolute Gasteiger partial charge is 0.230 e. The van der Waals surface area contributed by atoms with Crippen molar-refractivity contribution < 1.29 is 0 Å². The molecule has 0 bridgehead atoms. The maximum atomic E-state index is 8.98. The highest BCUT2D eigenvalue weighted by Crippen LogP contribution is 2.37. The maximum Gasteiger partial charge on any atom is 0.230 e. The Morgan fingerprint density at radius 2 is 1.69 bits per heavy atom. The fourth-order valence-corrected chi connectivity index (χ4v) is 4.46. The Morgan fingerprint density at radius 1 is 1.00 bits per heavy atom. The number of nitrogens with one attached hydrogen (secondary N) is 1. The largest absolute Gasteiger partial charge is 0.335 e. The first kappa shape index (κ1) is 19.0. The van der Waals surface area contributed by atoms with E-state index in [0.29, 0.717) is 11.5 Å². The Hall–Kier alpha value is -3.30. The SMILES string of the molecule is Cc1cc(C)c(Sc2nc(Nc3ccc(C#N)cc3)nc3c2ccn3C)c(C)c1. The highest BCUT2D eigenvalue weighted by molar-refractivity contribution is 7.99. The molecule has 6 heteroatoms. The number of aromatic nitrogens is 3. The van der Waals surface area contributed by atoms with Gasteiger partial charge in [0.05, 0.1) is 17.0 Å². The van der Waals surface area contributed by atoms with Crippen LogP contribution in [0.2, 0.25) is 0 Å². The molecule has 2 heterocycles. The molecule has 4 aromatic rings. The van der Waals surface area contributed by atoms with Crippen molar-refractivity contribution in [1.82, 2.24) is 14.5 Å². The van der Waals surface area contributed by atoms with Gasteiger partial charge in [-0.3, -0.25) is 0 Å². The van der Waals surface area contributed by atoms with Crippen molar-refractivity contribution in [3.8, 4) is 6.07 Å². The topological polar surface area (TPSA) is 66.5 Å². The van der Waals surface area contributed by atoms with Crippen LogP contribution in [0, 0.1) is 32.1 Å². The van der Waals surface area contributed by atoms with Gasteiger partial charge in [-0.05, 0) is 62.2 Å². The number of rotatable bonds is 4. The molecule has 0 aliphatic heterocycles. The summed E-state index contributed by atoms with van der Waals surface area (Å²) in [5, 5.41) is 14.2.